The Balaban J connectivity index is 0.000000231. The van der Waals surface area contributed by atoms with Gasteiger partial charge in [0.05, 0.1) is 65.4 Å². The number of nitrogens with zero attached hydrogens (tertiary/aromatic N) is 15. The maximum Gasteiger partial charge on any atom is 0.410 e. The number of carbonyl (C=O) groups is 2. The molecule has 0 radical (unpaired) electrons. The second kappa shape index (κ2) is 36.6. The summed E-state index contributed by atoms with van der Waals surface area (Å²) < 4.78 is 9.70. The van der Waals surface area contributed by atoms with E-state index in [1.54, 1.807) is 46.6 Å². The first kappa shape index (κ1) is 88.8. The molecule has 9 aromatic rings. The quantitative estimate of drug-likeness (QED) is 0.100. The van der Waals surface area contributed by atoms with Gasteiger partial charge in [0.25, 0.3) is 5.56 Å². The molecular formula is C78H103Cl6N17O7. The van der Waals surface area contributed by atoms with Gasteiger partial charge in [-0.05, 0) is 172 Å². The van der Waals surface area contributed by atoms with Gasteiger partial charge in [-0.2, -0.15) is 9.97 Å². The molecule has 0 saturated carbocycles. The van der Waals surface area contributed by atoms with Crippen LogP contribution in [0, 0.1) is 26.7 Å². The lowest BCUT2D eigenvalue weighted by atomic mass is 9.95. The van der Waals surface area contributed by atoms with Crippen LogP contribution in [0.2, 0.25) is 30.5 Å². The van der Waals surface area contributed by atoms with Gasteiger partial charge in [-0.25, -0.2) is 47.8 Å². The van der Waals surface area contributed by atoms with Gasteiger partial charge in [0, 0.05) is 81.5 Å². The molecule has 3 aliphatic heterocycles. The third-order valence-corrected chi connectivity index (χ3v) is 20.6. The van der Waals surface area contributed by atoms with Crippen LogP contribution in [0.5, 0.6) is 0 Å². The van der Waals surface area contributed by atoms with Crippen LogP contribution in [0.25, 0.3) is 50.2 Å². The zero-order valence-electron chi connectivity index (χ0n) is 62.5. The Hall–Kier alpha value is -8.10. The highest BCUT2D eigenvalue weighted by Gasteiger charge is 2.36. The number of amides is 2. The number of anilines is 2. The van der Waals surface area contributed by atoms with Crippen LogP contribution < -0.4 is 37.7 Å². The molecule has 2 amide bonds. The highest BCUT2D eigenvalue weighted by Crippen LogP contribution is 2.38. The lowest BCUT2D eigenvalue weighted by Crippen LogP contribution is -2.58. The van der Waals surface area contributed by atoms with Crippen LogP contribution in [0.4, 0.5) is 16.4 Å². The van der Waals surface area contributed by atoms with Gasteiger partial charge in [-0.3, -0.25) is 29.5 Å². The smallest absolute Gasteiger partial charge is 0.410 e. The average molecular weight is 1600 g/mol. The first-order valence-corrected chi connectivity index (χ1v) is 37.3. The van der Waals surface area contributed by atoms with Gasteiger partial charge in [0.15, 0.2) is 16.9 Å². The Morgan fingerprint density at radius 2 is 0.944 bits per heavy atom. The fourth-order valence-corrected chi connectivity index (χ4v) is 14.1. The zero-order valence-corrected chi connectivity index (χ0v) is 67.0. The molecule has 2 N–H and O–H groups in total. The maximum atomic E-state index is 13.6. The molecule has 108 heavy (non-hydrogen) atoms. The number of aryl methyl sites for hydroxylation is 3. The highest BCUT2D eigenvalue weighted by molar-refractivity contribution is 6.43. The Kier molecular flexibility index (Phi) is 30.1. The summed E-state index contributed by atoms with van der Waals surface area (Å²) in [6.07, 6.45) is 8.49. The number of carbonyl (C=O) groups excluding carboxylic acids is 2. The predicted octanol–water partition coefficient (Wildman–Crippen LogP) is 16.8. The van der Waals surface area contributed by atoms with Crippen LogP contribution in [-0.4, -0.2) is 149 Å². The average Bonchev–Trinajstić information content (AvgIpc) is 0.771. The molecule has 3 fully saturated rings. The number of hydrogen-bond donors (Lipinski definition) is 2. The number of aromatic amines is 1. The van der Waals surface area contributed by atoms with Gasteiger partial charge >= 0.3 is 23.2 Å². The van der Waals surface area contributed by atoms with Crippen molar-refractivity contribution in [2.75, 3.05) is 42.5 Å². The largest absolute Gasteiger partial charge is 0.444 e. The van der Waals surface area contributed by atoms with E-state index < -0.39 is 28.2 Å². The number of halogens is 6. The summed E-state index contributed by atoms with van der Waals surface area (Å²) in [6, 6.07) is 11.0. The molecule has 0 bridgehead atoms. The van der Waals surface area contributed by atoms with Crippen molar-refractivity contribution in [2.24, 2.45) is 5.92 Å². The summed E-state index contributed by atoms with van der Waals surface area (Å²) in [5.41, 5.74) is 5.35. The van der Waals surface area contributed by atoms with Crippen molar-refractivity contribution >= 4 is 126 Å². The highest BCUT2D eigenvalue weighted by atomic mass is 35.5. The second-order valence-electron chi connectivity index (χ2n) is 29.2. The van der Waals surface area contributed by atoms with Crippen LogP contribution in [0.1, 0.15) is 191 Å². The lowest BCUT2D eigenvalue weighted by molar-refractivity contribution is -0.128. The van der Waals surface area contributed by atoms with Gasteiger partial charge in [-0.15, -0.1) is 0 Å². The Bertz CT molecular complexity index is 5060. The summed E-state index contributed by atoms with van der Waals surface area (Å²) in [7, 11) is 0. The Labute approximate surface area is 662 Å². The molecule has 24 nitrogen and oxygen atoms in total. The second-order valence-corrected chi connectivity index (χ2v) is 31.5. The molecule has 584 valence electrons. The number of piperazine rings is 2. The molecule has 9 aromatic heterocycles. The lowest BCUT2D eigenvalue weighted by Gasteiger charge is -2.44. The van der Waals surface area contributed by atoms with E-state index in [1.807, 2.05) is 121 Å². The van der Waals surface area contributed by atoms with E-state index in [-0.39, 0.29) is 113 Å². The fourth-order valence-electron chi connectivity index (χ4n) is 13.2. The van der Waals surface area contributed by atoms with Crippen LogP contribution in [-0.2, 0) is 9.53 Å². The molecule has 3 saturated heterocycles. The summed E-state index contributed by atoms with van der Waals surface area (Å²) >= 11 is 37.4. The zero-order chi connectivity index (χ0) is 77.3. The van der Waals surface area contributed by atoms with Crippen LogP contribution >= 0.6 is 69.6 Å². The topological polar surface area (TPSA) is 270 Å². The molecule has 12 heterocycles. The fraction of sp³-hybridized carbons (Fsp3) is 0.487. The van der Waals surface area contributed by atoms with E-state index in [2.05, 4.69) is 82.4 Å². The number of piperidine rings is 1. The molecule has 30 heteroatoms. The van der Waals surface area contributed by atoms with Crippen molar-refractivity contribution in [3.63, 3.8) is 0 Å². The normalized spacial score (nSPS) is 17.9. The van der Waals surface area contributed by atoms with E-state index in [4.69, 9.17) is 74.3 Å². The number of aromatic nitrogens is 12. The third kappa shape index (κ3) is 19.2. The van der Waals surface area contributed by atoms with Gasteiger partial charge in [0.1, 0.15) is 32.7 Å². The predicted molar refractivity (Wildman–Crippen MR) is 442 cm³/mol. The van der Waals surface area contributed by atoms with Crippen molar-refractivity contribution < 1.29 is 14.3 Å². The molecular weight excluding hydrogens is 1500 g/mol. The standard InChI is InChI=1S/C25H28Cl2N6O2.C23H27Cl2N5O.C16H14Cl2N4O2.C11H22N2O2.3CH4/c1-7-19(34)31-11-16(6)32(12-15(31)5)23-17-10-18(26)22(27)29-24(17)33(25(35)30-23)21-14(4)8-9-28-20(21)13(2)3;1-12(2)18-19(14(4)8-9-26-18)30-22-16(10-17(24)20(25)27-22)21(28-23(30)31)29-11-13(3)6-7-15(29)5;1-7(2)11-12(8(3)4-5-19-11)22-14-9(15(23)21-16(22)24)6-10(17)13(18)20-14;1-8-7-13(9(2)6-12-8)10(14)15-11(3,4)5;;;/h7-10,13,15-16H,1,11-12H2,2-6H3;8-10,12-13,15H,6-7,11H2,1-5H3;4-7H,1-3H3,(H,21,23,24);8-9,12H,6-7H2,1-5H3;3*1H4/t15-,16+;13-,15-;;8-,9+;;;/m10.0.../s1. The van der Waals surface area contributed by atoms with Crippen molar-refractivity contribution in [1.29, 1.82) is 0 Å². The SMILES string of the molecule is C.C.C.C=CC(=O)N1C[C@H](C)N(c2nc(=O)n(-c3c(C)ccnc3C(C)C)c3nc(Cl)c(Cl)cc23)C[C@H]1C.C[C@@H]1CN[C@@H](C)CN1C(=O)OC(C)(C)C.Cc1ccnc(C(C)C)c1-n1c(=O)[nH]c(=O)c2cc(Cl)c(Cl)nc21.Cc1ccnc(C(C)C)c1-n1c(=O)nc(N2C[C@@H](C)CC[C@@H]2C)c2cc(Cl)c(Cl)nc21. The first-order valence-electron chi connectivity index (χ1n) is 35.0. The van der Waals surface area contributed by atoms with E-state index in [9.17, 15) is 28.8 Å². The number of nitrogens with one attached hydrogen (secondary N) is 2. The van der Waals surface area contributed by atoms with Crippen molar-refractivity contribution in [1.82, 2.24) is 73.7 Å². The number of hydrogen-bond acceptors (Lipinski definition) is 18. The van der Waals surface area contributed by atoms with Gasteiger partial charge in [0.2, 0.25) is 5.91 Å². The Morgan fingerprint density at radius 3 is 1.36 bits per heavy atom. The first-order chi connectivity index (χ1) is 49.3. The summed E-state index contributed by atoms with van der Waals surface area (Å²) in [5.74, 6) is 1.71. The molecule has 0 spiro atoms. The van der Waals surface area contributed by atoms with E-state index in [0.29, 0.717) is 80.8 Å². The molecule has 6 atom stereocenters. The van der Waals surface area contributed by atoms with Crippen molar-refractivity contribution in [3.05, 3.63) is 174 Å². The van der Waals surface area contributed by atoms with Crippen molar-refractivity contribution in [3.8, 4) is 17.1 Å². The van der Waals surface area contributed by atoms with Crippen LogP contribution in [0.15, 0.2) is 86.8 Å². The van der Waals surface area contributed by atoms with Crippen LogP contribution in [0.3, 0.4) is 0 Å². The van der Waals surface area contributed by atoms with E-state index >= 15 is 0 Å². The van der Waals surface area contributed by atoms with Crippen molar-refractivity contribution in [2.45, 2.75) is 213 Å². The summed E-state index contributed by atoms with van der Waals surface area (Å²) in [6.45, 7) is 42.9. The molecule has 0 unspecified atom stereocenters. The number of pyridine rings is 6. The van der Waals surface area contributed by atoms with E-state index in [1.165, 1.54) is 25.8 Å². The summed E-state index contributed by atoms with van der Waals surface area (Å²) in [5, 5.41) is 5.85. The third-order valence-electron chi connectivity index (χ3n) is 18.6. The number of rotatable bonds is 9. The molecule has 0 aliphatic carbocycles. The number of H-pyrrole nitrogens is 1. The van der Waals surface area contributed by atoms with Gasteiger partial charge in [-0.1, -0.05) is 147 Å². The molecule has 0 aromatic carbocycles. The number of ether oxygens (including phenoxy) is 1. The summed E-state index contributed by atoms with van der Waals surface area (Å²) in [4.78, 5) is 122. The monoisotopic (exact) mass is 1600 g/mol. The molecule has 12 rings (SSSR count). The minimum atomic E-state index is -0.601. The number of fused-ring (bicyclic) bond motifs is 3. The van der Waals surface area contributed by atoms with Gasteiger partial charge < -0.3 is 29.7 Å². The van der Waals surface area contributed by atoms with E-state index in [0.717, 1.165) is 66.2 Å². The molecule has 3 aliphatic rings. The maximum absolute atomic E-state index is 13.6. The minimum absolute atomic E-state index is 0. The Morgan fingerprint density at radius 1 is 0.537 bits per heavy atom. The minimum Gasteiger partial charge on any atom is -0.444 e.